The van der Waals surface area contributed by atoms with E-state index in [4.69, 9.17) is 5.73 Å². The third-order valence-electron chi connectivity index (χ3n) is 1.01. The van der Waals surface area contributed by atoms with Gasteiger partial charge in [-0.2, -0.15) is 13.2 Å². The second-order valence-corrected chi connectivity index (χ2v) is 1.82. The predicted octanol–water partition coefficient (Wildman–Crippen LogP) is 1.08. The lowest BCUT2D eigenvalue weighted by Gasteiger charge is -2.05. The molecular weight excluding hydrogens is 159 g/mol. The summed E-state index contributed by atoms with van der Waals surface area (Å²) in [5, 5.41) is 0. The molecule has 0 atom stereocenters. The molecule has 60 valence electrons. The minimum absolute atomic E-state index is 0.458. The molecular formula is C5H4F3N3. The average molecular weight is 163 g/mol. The fourth-order valence-electron chi connectivity index (χ4n) is 0.577. The summed E-state index contributed by atoms with van der Waals surface area (Å²) in [5.74, 6) is 0. The molecule has 1 rings (SSSR count). The van der Waals surface area contributed by atoms with Gasteiger partial charge < -0.3 is 5.73 Å². The first-order valence-corrected chi connectivity index (χ1v) is 2.64. The van der Waals surface area contributed by atoms with E-state index in [1.54, 1.807) is 0 Å². The molecule has 1 aromatic heterocycles. The Bertz CT molecular complexity index is 257. The van der Waals surface area contributed by atoms with Gasteiger partial charge in [0, 0.05) is 0 Å². The van der Waals surface area contributed by atoms with E-state index in [1.807, 2.05) is 0 Å². The Hall–Kier alpha value is -1.33. The molecule has 1 heterocycles. The van der Waals surface area contributed by atoms with Crippen LogP contribution in [-0.4, -0.2) is 9.97 Å². The van der Waals surface area contributed by atoms with Crippen molar-refractivity contribution < 1.29 is 13.2 Å². The highest BCUT2D eigenvalue weighted by molar-refractivity contribution is 5.40. The van der Waals surface area contributed by atoms with Gasteiger partial charge >= 0.3 is 6.18 Å². The summed E-state index contributed by atoms with van der Waals surface area (Å²) in [7, 11) is 0. The van der Waals surface area contributed by atoms with Crippen molar-refractivity contribution in [3.63, 3.8) is 0 Å². The van der Waals surface area contributed by atoms with Crippen LogP contribution in [0.1, 0.15) is 5.69 Å². The summed E-state index contributed by atoms with van der Waals surface area (Å²) in [6.07, 6.45) is -2.78. The topological polar surface area (TPSA) is 51.8 Å². The molecule has 2 N–H and O–H groups in total. The smallest absolute Gasteiger partial charge is 0.396 e. The number of aromatic nitrogens is 2. The second kappa shape index (κ2) is 2.37. The maximum absolute atomic E-state index is 11.9. The third-order valence-corrected chi connectivity index (χ3v) is 1.01. The lowest BCUT2D eigenvalue weighted by atomic mass is 10.3. The standard InChI is InChI=1S/C5H4F3N3/c6-5(7,8)4-3(9)1-10-2-11-4/h1-2H,9H2. The Kier molecular flexibility index (Phi) is 1.67. The number of anilines is 1. The lowest BCUT2D eigenvalue weighted by molar-refractivity contribution is -0.140. The molecule has 0 saturated heterocycles. The van der Waals surface area contributed by atoms with Crippen LogP contribution in [-0.2, 0) is 6.18 Å². The van der Waals surface area contributed by atoms with E-state index in [0.29, 0.717) is 0 Å². The molecule has 3 nitrogen and oxygen atoms in total. The summed E-state index contributed by atoms with van der Waals surface area (Å²) in [4.78, 5) is 6.31. The van der Waals surface area contributed by atoms with E-state index in [2.05, 4.69) is 9.97 Å². The van der Waals surface area contributed by atoms with Crippen LogP contribution in [0.4, 0.5) is 18.9 Å². The van der Waals surface area contributed by atoms with E-state index in [0.717, 1.165) is 12.5 Å². The van der Waals surface area contributed by atoms with Crippen LogP contribution >= 0.6 is 0 Å². The van der Waals surface area contributed by atoms with Gasteiger partial charge in [-0.1, -0.05) is 0 Å². The van der Waals surface area contributed by atoms with Gasteiger partial charge in [-0.25, -0.2) is 9.97 Å². The molecule has 0 fully saturated rings. The minimum atomic E-state index is -4.49. The Morgan fingerprint density at radius 3 is 2.36 bits per heavy atom. The second-order valence-electron chi connectivity index (χ2n) is 1.82. The number of hydrogen-bond donors (Lipinski definition) is 1. The van der Waals surface area contributed by atoms with Crippen molar-refractivity contribution in [1.29, 1.82) is 0 Å². The number of nitrogens with two attached hydrogens (primary N) is 1. The van der Waals surface area contributed by atoms with Gasteiger partial charge in [0.15, 0.2) is 5.69 Å². The Morgan fingerprint density at radius 2 is 2.00 bits per heavy atom. The SMILES string of the molecule is Nc1cncnc1C(F)(F)F. The normalized spacial score (nSPS) is 11.5. The molecule has 0 radical (unpaired) electrons. The van der Waals surface area contributed by atoms with Crippen LogP contribution in [0.3, 0.4) is 0 Å². The van der Waals surface area contributed by atoms with Crippen molar-refractivity contribution in [2.75, 3.05) is 5.73 Å². The van der Waals surface area contributed by atoms with E-state index >= 15 is 0 Å². The highest BCUT2D eigenvalue weighted by atomic mass is 19.4. The van der Waals surface area contributed by atoms with Gasteiger partial charge in [0.25, 0.3) is 0 Å². The van der Waals surface area contributed by atoms with Crippen LogP contribution in [0.2, 0.25) is 0 Å². The van der Waals surface area contributed by atoms with Crippen LogP contribution in [0.15, 0.2) is 12.5 Å². The molecule has 0 unspecified atom stereocenters. The molecule has 1 aromatic rings. The Morgan fingerprint density at radius 1 is 1.36 bits per heavy atom. The number of nitrogens with zero attached hydrogens (tertiary/aromatic N) is 2. The Balaban J connectivity index is 3.14. The average Bonchev–Trinajstić information content (AvgIpc) is 1.86. The van der Waals surface area contributed by atoms with Crippen LogP contribution in [0, 0.1) is 0 Å². The highest BCUT2D eigenvalue weighted by Crippen LogP contribution is 2.30. The first-order chi connectivity index (χ1) is 5.02. The van der Waals surface area contributed by atoms with Crippen LogP contribution < -0.4 is 5.73 Å². The number of rotatable bonds is 0. The van der Waals surface area contributed by atoms with Gasteiger partial charge in [-0.15, -0.1) is 0 Å². The van der Waals surface area contributed by atoms with E-state index in [9.17, 15) is 13.2 Å². The van der Waals surface area contributed by atoms with Gasteiger partial charge in [0.2, 0.25) is 0 Å². The predicted molar refractivity (Wildman–Crippen MR) is 31.4 cm³/mol. The van der Waals surface area contributed by atoms with E-state index < -0.39 is 17.6 Å². The first-order valence-electron chi connectivity index (χ1n) is 2.64. The minimum Gasteiger partial charge on any atom is -0.396 e. The Labute approximate surface area is 60.1 Å². The summed E-state index contributed by atoms with van der Waals surface area (Å²) in [6.45, 7) is 0. The quantitative estimate of drug-likeness (QED) is 0.622. The molecule has 6 heteroatoms. The zero-order chi connectivity index (χ0) is 8.48. The zero-order valence-electron chi connectivity index (χ0n) is 5.26. The monoisotopic (exact) mass is 163 g/mol. The van der Waals surface area contributed by atoms with E-state index in [-0.39, 0.29) is 0 Å². The first kappa shape index (κ1) is 7.77. The highest BCUT2D eigenvalue weighted by Gasteiger charge is 2.34. The fraction of sp³-hybridized carbons (Fsp3) is 0.200. The van der Waals surface area contributed by atoms with Gasteiger partial charge in [0.05, 0.1) is 11.9 Å². The van der Waals surface area contributed by atoms with Crippen LogP contribution in [0.25, 0.3) is 0 Å². The van der Waals surface area contributed by atoms with Gasteiger partial charge in [0.1, 0.15) is 6.33 Å². The van der Waals surface area contributed by atoms with Crippen LogP contribution in [0.5, 0.6) is 0 Å². The fourth-order valence-corrected chi connectivity index (χ4v) is 0.577. The number of halogens is 3. The summed E-state index contributed by atoms with van der Waals surface area (Å²) in [5.41, 5.74) is 3.41. The lowest BCUT2D eigenvalue weighted by Crippen LogP contribution is -2.11. The summed E-state index contributed by atoms with van der Waals surface area (Å²) in [6, 6.07) is 0. The molecule has 0 aliphatic carbocycles. The summed E-state index contributed by atoms with van der Waals surface area (Å²) < 4.78 is 35.6. The third kappa shape index (κ3) is 1.57. The van der Waals surface area contributed by atoms with Crippen molar-refractivity contribution >= 4 is 5.69 Å². The summed E-state index contributed by atoms with van der Waals surface area (Å²) >= 11 is 0. The van der Waals surface area contributed by atoms with Crippen molar-refractivity contribution in [2.24, 2.45) is 0 Å². The van der Waals surface area contributed by atoms with Gasteiger partial charge in [-0.3, -0.25) is 0 Å². The van der Waals surface area contributed by atoms with Crippen molar-refractivity contribution in [1.82, 2.24) is 9.97 Å². The zero-order valence-corrected chi connectivity index (χ0v) is 5.26. The maximum atomic E-state index is 11.9. The largest absolute Gasteiger partial charge is 0.435 e. The molecule has 0 aliphatic heterocycles. The molecule has 0 spiro atoms. The maximum Gasteiger partial charge on any atom is 0.435 e. The molecule has 0 bridgehead atoms. The van der Waals surface area contributed by atoms with Crippen molar-refractivity contribution in [3.8, 4) is 0 Å². The molecule has 0 saturated carbocycles. The molecule has 0 amide bonds. The van der Waals surface area contributed by atoms with Gasteiger partial charge in [-0.05, 0) is 0 Å². The molecule has 0 aromatic carbocycles. The van der Waals surface area contributed by atoms with Crippen molar-refractivity contribution in [2.45, 2.75) is 6.18 Å². The number of hydrogen-bond acceptors (Lipinski definition) is 3. The molecule has 0 aliphatic rings. The number of nitrogen functional groups attached to an aromatic ring is 1. The van der Waals surface area contributed by atoms with E-state index in [1.165, 1.54) is 0 Å². The van der Waals surface area contributed by atoms with Crippen molar-refractivity contribution in [3.05, 3.63) is 18.2 Å². The molecule has 11 heavy (non-hydrogen) atoms. The number of alkyl halides is 3.